The van der Waals surface area contributed by atoms with Crippen molar-refractivity contribution in [2.75, 3.05) is 19.6 Å². The fourth-order valence-electron chi connectivity index (χ4n) is 1.36. The Hall–Kier alpha value is -1.27. The molecule has 5 nitrogen and oxygen atoms in total. The van der Waals surface area contributed by atoms with E-state index >= 15 is 0 Å². The molecule has 0 saturated heterocycles. The van der Waals surface area contributed by atoms with Crippen molar-refractivity contribution in [3.05, 3.63) is 34.9 Å². The molecular weight excluding hydrogens is 344 g/mol. The highest BCUT2D eigenvalue weighted by molar-refractivity contribution is 8.93. The average Bonchev–Trinajstić information content (AvgIpc) is 2.41. The number of benzene rings is 1. The Balaban J connectivity index is 0.00000361. The van der Waals surface area contributed by atoms with Crippen molar-refractivity contribution in [2.45, 2.75) is 13.3 Å². The van der Waals surface area contributed by atoms with E-state index in [9.17, 15) is 4.79 Å². The van der Waals surface area contributed by atoms with Gasteiger partial charge in [0.25, 0.3) is 5.91 Å². The number of carbonyl (C=O) groups is 1. The smallest absolute Gasteiger partial charge is 0.251 e. The first-order valence-corrected chi connectivity index (χ1v) is 6.59. The van der Waals surface area contributed by atoms with E-state index in [1.165, 1.54) is 0 Å². The molecule has 0 heterocycles. The van der Waals surface area contributed by atoms with E-state index in [4.69, 9.17) is 17.3 Å². The molecule has 1 rings (SSSR count). The fourth-order valence-corrected chi connectivity index (χ4v) is 1.48. The van der Waals surface area contributed by atoms with Crippen molar-refractivity contribution in [2.24, 2.45) is 10.7 Å². The van der Waals surface area contributed by atoms with Gasteiger partial charge in [0.05, 0.1) is 0 Å². The van der Waals surface area contributed by atoms with Gasteiger partial charge in [-0.05, 0) is 30.7 Å². The van der Waals surface area contributed by atoms with Crippen molar-refractivity contribution >= 4 is 40.4 Å². The average molecular weight is 364 g/mol. The molecule has 1 aromatic rings. The number of halogens is 2. The highest BCUT2D eigenvalue weighted by Gasteiger charge is 2.03. The third-order valence-corrected chi connectivity index (χ3v) is 2.58. The zero-order valence-electron chi connectivity index (χ0n) is 11.4. The number of rotatable bonds is 6. The zero-order valence-corrected chi connectivity index (χ0v) is 13.8. The summed E-state index contributed by atoms with van der Waals surface area (Å²) in [7, 11) is 0. The first-order chi connectivity index (χ1) is 9.13. The van der Waals surface area contributed by atoms with Crippen molar-refractivity contribution < 1.29 is 4.79 Å². The molecule has 0 aliphatic carbocycles. The predicted octanol–water partition coefficient (Wildman–Crippen LogP) is 1.96. The van der Waals surface area contributed by atoms with Crippen LogP contribution >= 0.6 is 28.6 Å². The maximum absolute atomic E-state index is 11.7. The molecule has 0 unspecified atom stereocenters. The number of carbonyl (C=O) groups excluding carboxylic acids is 1. The number of nitrogens with zero attached hydrogens (tertiary/aromatic N) is 1. The van der Waals surface area contributed by atoms with E-state index in [0.29, 0.717) is 36.2 Å². The summed E-state index contributed by atoms with van der Waals surface area (Å²) in [6, 6.07) is 6.73. The van der Waals surface area contributed by atoms with Gasteiger partial charge in [-0.2, -0.15) is 0 Å². The van der Waals surface area contributed by atoms with Crippen LogP contribution in [0, 0.1) is 0 Å². The van der Waals surface area contributed by atoms with E-state index in [1.807, 2.05) is 6.92 Å². The Morgan fingerprint density at radius 2 is 1.85 bits per heavy atom. The largest absolute Gasteiger partial charge is 0.370 e. The van der Waals surface area contributed by atoms with Crippen LogP contribution in [0.2, 0.25) is 5.02 Å². The molecule has 1 aromatic carbocycles. The minimum absolute atomic E-state index is 0. The fraction of sp³-hybridized carbons (Fsp3) is 0.385. The number of hydrogen-bond donors (Lipinski definition) is 3. The molecular formula is C13H20BrClN4O. The minimum atomic E-state index is -0.137. The molecule has 0 aliphatic rings. The number of hydrogen-bond acceptors (Lipinski definition) is 2. The second kappa shape index (κ2) is 10.5. The van der Waals surface area contributed by atoms with Crippen LogP contribution in [-0.4, -0.2) is 31.5 Å². The van der Waals surface area contributed by atoms with E-state index in [1.54, 1.807) is 24.3 Å². The van der Waals surface area contributed by atoms with Gasteiger partial charge < -0.3 is 16.4 Å². The molecule has 7 heteroatoms. The summed E-state index contributed by atoms with van der Waals surface area (Å²) in [5, 5.41) is 6.31. The lowest BCUT2D eigenvalue weighted by Crippen LogP contribution is -2.38. The van der Waals surface area contributed by atoms with E-state index in [0.717, 1.165) is 6.42 Å². The molecule has 4 N–H and O–H groups in total. The lowest BCUT2D eigenvalue weighted by molar-refractivity contribution is 0.0954. The van der Waals surface area contributed by atoms with Crippen LogP contribution in [0.3, 0.4) is 0 Å². The summed E-state index contributed by atoms with van der Waals surface area (Å²) in [6.07, 6.45) is 0.954. The van der Waals surface area contributed by atoms with Crippen LogP contribution in [0.5, 0.6) is 0 Å². The molecule has 0 radical (unpaired) electrons. The summed E-state index contributed by atoms with van der Waals surface area (Å²) >= 11 is 5.75. The van der Waals surface area contributed by atoms with Gasteiger partial charge >= 0.3 is 0 Å². The Kier molecular flexibility index (Phi) is 9.84. The first kappa shape index (κ1) is 18.7. The third kappa shape index (κ3) is 7.35. The van der Waals surface area contributed by atoms with Crippen LogP contribution in [0.15, 0.2) is 29.3 Å². The number of guanidine groups is 1. The monoisotopic (exact) mass is 362 g/mol. The minimum Gasteiger partial charge on any atom is -0.370 e. The van der Waals surface area contributed by atoms with Gasteiger partial charge in [-0.3, -0.25) is 9.79 Å². The summed E-state index contributed by atoms with van der Waals surface area (Å²) < 4.78 is 0. The normalized spacial score (nSPS) is 10.6. The Bertz CT molecular complexity index is 437. The maximum Gasteiger partial charge on any atom is 0.251 e. The van der Waals surface area contributed by atoms with Crippen molar-refractivity contribution in [1.29, 1.82) is 0 Å². The Labute approximate surface area is 134 Å². The molecule has 0 spiro atoms. The van der Waals surface area contributed by atoms with Gasteiger partial charge in [0.15, 0.2) is 5.96 Å². The van der Waals surface area contributed by atoms with Gasteiger partial charge in [-0.25, -0.2) is 0 Å². The predicted molar refractivity (Wildman–Crippen MR) is 88.9 cm³/mol. The van der Waals surface area contributed by atoms with Crippen molar-refractivity contribution in [3.63, 3.8) is 0 Å². The van der Waals surface area contributed by atoms with E-state index < -0.39 is 0 Å². The quantitative estimate of drug-likeness (QED) is 0.411. The highest BCUT2D eigenvalue weighted by Crippen LogP contribution is 2.08. The standard InChI is InChI=1S/C13H19ClN4O.BrH/c1-2-7-17-13(15)18-9-8-16-12(19)10-3-5-11(14)6-4-10;/h3-6H,2,7-9H2,1H3,(H,16,19)(H3,15,17,18);1H. The van der Waals surface area contributed by atoms with Gasteiger partial charge in [0, 0.05) is 30.2 Å². The number of nitrogens with one attached hydrogen (secondary N) is 2. The lowest BCUT2D eigenvalue weighted by Gasteiger charge is -2.07. The molecule has 0 bridgehead atoms. The summed E-state index contributed by atoms with van der Waals surface area (Å²) in [5.74, 6) is 0.269. The molecule has 112 valence electrons. The molecule has 20 heavy (non-hydrogen) atoms. The topological polar surface area (TPSA) is 79.5 Å². The first-order valence-electron chi connectivity index (χ1n) is 6.21. The number of amides is 1. The van der Waals surface area contributed by atoms with Crippen LogP contribution in [0.25, 0.3) is 0 Å². The van der Waals surface area contributed by atoms with Gasteiger partial charge in [0.2, 0.25) is 0 Å². The zero-order chi connectivity index (χ0) is 14.1. The number of nitrogens with two attached hydrogens (primary N) is 1. The molecule has 0 atom stereocenters. The third-order valence-electron chi connectivity index (χ3n) is 2.33. The summed E-state index contributed by atoms with van der Waals surface area (Å²) in [6.45, 7) is 3.75. The summed E-state index contributed by atoms with van der Waals surface area (Å²) in [4.78, 5) is 15.8. The second-order valence-corrected chi connectivity index (χ2v) is 4.39. The molecule has 0 aliphatic heterocycles. The van der Waals surface area contributed by atoms with Crippen LogP contribution < -0.4 is 16.4 Å². The van der Waals surface area contributed by atoms with Crippen LogP contribution in [0.1, 0.15) is 23.7 Å². The molecule has 1 amide bonds. The Morgan fingerprint density at radius 1 is 1.25 bits per heavy atom. The van der Waals surface area contributed by atoms with E-state index in [-0.39, 0.29) is 22.9 Å². The highest BCUT2D eigenvalue weighted by atomic mass is 79.9. The van der Waals surface area contributed by atoms with Crippen LogP contribution in [-0.2, 0) is 0 Å². The van der Waals surface area contributed by atoms with Crippen molar-refractivity contribution in [3.8, 4) is 0 Å². The van der Waals surface area contributed by atoms with Crippen molar-refractivity contribution in [1.82, 2.24) is 10.6 Å². The summed E-state index contributed by atoms with van der Waals surface area (Å²) in [5.41, 5.74) is 6.20. The maximum atomic E-state index is 11.7. The molecule has 0 saturated carbocycles. The van der Waals surface area contributed by atoms with Crippen LogP contribution in [0.4, 0.5) is 0 Å². The van der Waals surface area contributed by atoms with E-state index in [2.05, 4.69) is 15.6 Å². The lowest BCUT2D eigenvalue weighted by atomic mass is 10.2. The van der Waals surface area contributed by atoms with Gasteiger partial charge in [-0.1, -0.05) is 18.5 Å². The molecule has 0 aromatic heterocycles. The SMILES string of the molecule is Br.CCCN=C(N)NCCNC(=O)c1ccc(Cl)cc1. The molecule has 0 fully saturated rings. The van der Waals surface area contributed by atoms with Gasteiger partial charge in [-0.15, -0.1) is 17.0 Å². The van der Waals surface area contributed by atoms with Gasteiger partial charge in [0.1, 0.15) is 0 Å². The Morgan fingerprint density at radius 3 is 2.45 bits per heavy atom. The number of aliphatic imine (C=N–C) groups is 1. The second-order valence-electron chi connectivity index (χ2n) is 3.96.